The maximum Gasteiger partial charge on any atom is 0.203 e. The van der Waals surface area contributed by atoms with Gasteiger partial charge in [0.05, 0.1) is 45.5 Å². The van der Waals surface area contributed by atoms with Crippen LogP contribution in [0.4, 0.5) is 11.6 Å². The van der Waals surface area contributed by atoms with E-state index in [1.54, 1.807) is 27.7 Å². The molecule has 0 saturated carbocycles. The van der Waals surface area contributed by atoms with Crippen molar-refractivity contribution in [2.45, 2.75) is 26.2 Å². The molecular formula is C21H25N5O4. The molecule has 0 fully saturated rings. The molecule has 1 aliphatic heterocycles. The number of ether oxygens (including phenoxy) is 4. The molecule has 2 aromatic heterocycles. The molecule has 0 spiro atoms. The highest BCUT2D eigenvalue weighted by Crippen LogP contribution is 2.39. The topological polar surface area (TPSA) is 92.6 Å². The fourth-order valence-corrected chi connectivity index (χ4v) is 3.30. The molecule has 9 nitrogen and oxygen atoms in total. The van der Waals surface area contributed by atoms with Gasteiger partial charge in [0.2, 0.25) is 5.75 Å². The van der Waals surface area contributed by atoms with Crippen LogP contribution in [0.5, 0.6) is 23.0 Å². The van der Waals surface area contributed by atoms with Crippen LogP contribution in [0.15, 0.2) is 24.7 Å². The van der Waals surface area contributed by atoms with Crippen LogP contribution in [0, 0.1) is 0 Å². The van der Waals surface area contributed by atoms with Gasteiger partial charge >= 0.3 is 0 Å². The molecule has 9 heteroatoms. The molecule has 1 aromatic carbocycles. The largest absolute Gasteiger partial charge is 0.493 e. The Morgan fingerprint density at radius 2 is 1.80 bits per heavy atom. The molecule has 0 saturated heterocycles. The van der Waals surface area contributed by atoms with Gasteiger partial charge in [0.15, 0.2) is 23.1 Å². The van der Waals surface area contributed by atoms with Gasteiger partial charge in [-0.1, -0.05) is 13.8 Å². The zero-order valence-corrected chi connectivity index (χ0v) is 17.7. The number of fused-ring (bicyclic) bond motifs is 1. The minimum absolute atomic E-state index is 0.216. The number of nitrogens with zero attached hydrogens (tertiary/aromatic N) is 4. The van der Waals surface area contributed by atoms with Crippen LogP contribution in [0.3, 0.4) is 0 Å². The lowest BCUT2D eigenvalue weighted by Gasteiger charge is -2.14. The van der Waals surface area contributed by atoms with E-state index in [2.05, 4.69) is 34.1 Å². The summed E-state index contributed by atoms with van der Waals surface area (Å²) in [5.41, 5.74) is 1.75. The van der Waals surface area contributed by atoms with Crippen LogP contribution in [-0.2, 0) is 6.42 Å². The number of methoxy groups -OCH3 is 3. The maximum atomic E-state index is 5.75. The molecule has 0 amide bonds. The van der Waals surface area contributed by atoms with Crippen LogP contribution in [0.2, 0.25) is 0 Å². The van der Waals surface area contributed by atoms with Crippen molar-refractivity contribution in [3.05, 3.63) is 36.2 Å². The predicted molar refractivity (Wildman–Crippen MR) is 112 cm³/mol. The normalized spacial score (nSPS) is 12.5. The molecular weight excluding hydrogens is 386 g/mol. The van der Waals surface area contributed by atoms with E-state index in [-0.39, 0.29) is 5.92 Å². The number of aromatic nitrogens is 4. The Morgan fingerprint density at radius 3 is 2.43 bits per heavy atom. The molecule has 1 aliphatic rings. The van der Waals surface area contributed by atoms with Gasteiger partial charge in [0.1, 0.15) is 18.0 Å². The summed E-state index contributed by atoms with van der Waals surface area (Å²) in [5.74, 6) is 4.64. The van der Waals surface area contributed by atoms with Crippen LogP contribution in [-0.4, -0.2) is 47.5 Å². The van der Waals surface area contributed by atoms with Gasteiger partial charge in [-0.15, -0.1) is 0 Å². The summed E-state index contributed by atoms with van der Waals surface area (Å²) in [5, 5.41) is 3.27. The van der Waals surface area contributed by atoms with E-state index < -0.39 is 0 Å². The van der Waals surface area contributed by atoms with Crippen LogP contribution in [0.25, 0.3) is 5.69 Å². The first-order valence-corrected chi connectivity index (χ1v) is 9.69. The zero-order chi connectivity index (χ0) is 21.3. The van der Waals surface area contributed by atoms with Gasteiger partial charge in [0.25, 0.3) is 0 Å². The number of benzene rings is 1. The van der Waals surface area contributed by atoms with E-state index in [9.17, 15) is 0 Å². The van der Waals surface area contributed by atoms with Crippen molar-refractivity contribution in [2.75, 3.05) is 33.3 Å². The number of hydrogen-bond donors (Lipinski definition) is 1. The molecule has 1 N–H and O–H groups in total. The Morgan fingerprint density at radius 1 is 1.07 bits per heavy atom. The fourth-order valence-electron chi connectivity index (χ4n) is 3.30. The molecule has 0 bridgehead atoms. The van der Waals surface area contributed by atoms with Crippen molar-refractivity contribution in [2.24, 2.45) is 0 Å². The second-order valence-electron chi connectivity index (χ2n) is 7.13. The summed E-state index contributed by atoms with van der Waals surface area (Å²) in [7, 11) is 4.75. The van der Waals surface area contributed by atoms with Crippen molar-refractivity contribution < 1.29 is 18.9 Å². The van der Waals surface area contributed by atoms with Crippen LogP contribution < -0.4 is 24.3 Å². The van der Waals surface area contributed by atoms with E-state index in [1.165, 1.54) is 0 Å². The molecule has 158 valence electrons. The molecule has 30 heavy (non-hydrogen) atoms. The lowest BCUT2D eigenvalue weighted by molar-refractivity contribution is 0.324. The first kappa shape index (κ1) is 19.8. The van der Waals surface area contributed by atoms with E-state index >= 15 is 0 Å². The summed E-state index contributed by atoms with van der Waals surface area (Å²) >= 11 is 0. The SMILES string of the molecule is COc1cc(-n2cnc(Nc3nc(C(C)C)nc4c3OCC4)c2)cc(OC)c1OC. The Kier molecular flexibility index (Phi) is 5.35. The number of nitrogens with one attached hydrogen (secondary N) is 1. The van der Waals surface area contributed by atoms with Crippen molar-refractivity contribution in [3.63, 3.8) is 0 Å². The molecule has 0 aliphatic carbocycles. The van der Waals surface area contributed by atoms with E-state index in [0.717, 1.165) is 23.6 Å². The molecule has 3 aromatic rings. The summed E-state index contributed by atoms with van der Waals surface area (Å²) in [6.45, 7) is 4.75. The lowest BCUT2D eigenvalue weighted by Crippen LogP contribution is -2.05. The van der Waals surface area contributed by atoms with Gasteiger partial charge in [-0.25, -0.2) is 15.0 Å². The van der Waals surface area contributed by atoms with Crippen molar-refractivity contribution in [1.29, 1.82) is 0 Å². The van der Waals surface area contributed by atoms with Gasteiger partial charge in [-0.3, -0.25) is 0 Å². The summed E-state index contributed by atoms with van der Waals surface area (Å²) < 4.78 is 23.9. The Bertz CT molecular complexity index is 1040. The van der Waals surface area contributed by atoms with Gasteiger partial charge in [0, 0.05) is 24.5 Å². The third-order valence-electron chi connectivity index (χ3n) is 4.83. The third kappa shape index (κ3) is 3.58. The Balaban J connectivity index is 1.67. The van der Waals surface area contributed by atoms with Gasteiger partial charge in [-0.05, 0) is 0 Å². The lowest BCUT2D eigenvalue weighted by atomic mass is 10.2. The van der Waals surface area contributed by atoms with Gasteiger partial charge < -0.3 is 28.8 Å². The predicted octanol–water partition coefficient (Wildman–Crippen LogP) is 3.49. The molecule has 0 atom stereocenters. The zero-order valence-electron chi connectivity index (χ0n) is 17.7. The highest BCUT2D eigenvalue weighted by Gasteiger charge is 2.23. The average molecular weight is 411 g/mol. The molecule has 4 rings (SSSR count). The highest BCUT2D eigenvalue weighted by atomic mass is 16.5. The molecule has 3 heterocycles. The minimum Gasteiger partial charge on any atom is -0.493 e. The van der Waals surface area contributed by atoms with Crippen molar-refractivity contribution in [3.8, 4) is 28.7 Å². The van der Waals surface area contributed by atoms with Crippen LogP contribution >= 0.6 is 0 Å². The number of rotatable bonds is 7. The highest BCUT2D eigenvalue weighted by molar-refractivity contribution is 5.63. The van der Waals surface area contributed by atoms with Crippen molar-refractivity contribution >= 4 is 11.6 Å². The Labute approximate surface area is 175 Å². The fraction of sp³-hybridized carbons (Fsp3) is 0.381. The average Bonchev–Trinajstić information content (AvgIpc) is 3.42. The third-order valence-corrected chi connectivity index (χ3v) is 4.83. The van der Waals surface area contributed by atoms with E-state index in [4.69, 9.17) is 18.9 Å². The first-order valence-electron chi connectivity index (χ1n) is 9.69. The first-order chi connectivity index (χ1) is 14.5. The summed E-state index contributed by atoms with van der Waals surface area (Å²) in [6, 6.07) is 3.71. The second kappa shape index (κ2) is 8.10. The van der Waals surface area contributed by atoms with Crippen LogP contribution in [0.1, 0.15) is 31.3 Å². The smallest absolute Gasteiger partial charge is 0.203 e. The molecule has 0 unspecified atom stereocenters. The standard InChI is InChI=1S/C21H25N5O4/c1-12(2)20-23-14-6-7-30-18(14)21(25-20)24-17-10-26(11-22-17)13-8-15(27-3)19(29-5)16(9-13)28-4/h8-12H,6-7H2,1-5H3,(H,23,24,25). The minimum atomic E-state index is 0.216. The molecule has 0 radical (unpaired) electrons. The number of anilines is 2. The number of hydrogen-bond acceptors (Lipinski definition) is 8. The maximum absolute atomic E-state index is 5.75. The second-order valence-corrected chi connectivity index (χ2v) is 7.13. The summed E-state index contributed by atoms with van der Waals surface area (Å²) in [6.07, 6.45) is 4.35. The van der Waals surface area contributed by atoms with Gasteiger partial charge in [-0.2, -0.15) is 0 Å². The quantitative estimate of drug-likeness (QED) is 0.632. The monoisotopic (exact) mass is 411 g/mol. The van der Waals surface area contributed by atoms with Crippen molar-refractivity contribution in [1.82, 2.24) is 19.5 Å². The number of imidazole rings is 1. The van der Waals surface area contributed by atoms with E-state index in [0.29, 0.717) is 41.2 Å². The summed E-state index contributed by atoms with van der Waals surface area (Å²) in [4.78, 5) is 13.7. The Hall–Kier alpha value is -3.49. The van der Waals surface area contributed by atoms with E-state index in [1.807, 2.05) is 22.9 Å².